The van der Waals surface area contributed by atoms with Gasteiger partial charge in [-0.25, -0.2) is 9.59 Å². The number of Topliss-reactive ketones (excluding diaryl/α,β-unsaturated/α-hetero) is 1. The first-order valence-corrected chi connectivity index (χ1v) is 8.63. The van der Waals surface area contributed by atoms with E-state index in [2.05, 4.69) is 6.92 Å². The van der Waals surface area contributed by atoms with Gasteiger partial charge in [0.25, 0.3) is 0 Å². The summed E-state index contributed by atoms with van der Waals surface area (Å²) < 4.78 is 0. The van der Waals surface area contributed by atoms with Crippen molar-refractivity contribution in [2.24, 2.45) is 0 Å². The van der Waals surface area contributed by atoms with E-state index in [4.69, 9.17) is 10.2 Å². The van der Waals surface area contributed by atoms with E-state index in [0.29, 0.717) is 11.1 Å². The molecule has 0 aliphatic heterocycles. The van der Waals surface area contributed by atoms with Gasteiger partial charge in [-0.15, -0.1) is 0 Å². The second-order valence-corrected chi connectivity index (χ2v) is 6.25. The Hall–Kier alpha value is -2.95. The highest BCUT2D eigenvalue weighted by molar-refractivity contribution is 5.96. The molecule has 0 fully saturated rings. The SMILES string of the molecule is CCCCc1ccc(C(=O)CCc2cc(C(=O)O)cc(C(=O)O)c2)cc1. The lowest BCUT2D eigenvalue weighted by atomic mass is 9.98. The number of aromatic carboxylic acids is 2. The van der Waals surface area contributed by atoms with Crippen LogP contribution in [0.1, 0.15) is 68.4 Å². The molecule has 0 aromatic heterocycles. The number of unbranched alkanes of at least 4 members (excludes halogenated alkanes) is 1. The fourth-order valence-corrected chi connectivity index (χ4v) is 2.72. The topological polar surface area (TPSA) is 91.7 Å². The van der Waals surface area contributed by atoms with Gasteiger partial charge in [0.05, 0.1) is 11.1 Å². The van der Waals surface area contributed by atoms with Crippen LogP contribution in [-0.2, 0) is 12.8 Å². The van der Waals surface area contributed by atoms with Crippen LogP contribution < -0.4 is 0 Å². The molecule has 0 radical (unpaired) electrons. The summed E-state index contributed by atoms with van der Waals surface area (Å²) in [6.45, 7) is 2.13. The van der Waals surface area contributed by atoms with E-state index < -0.39 is 11.9 Å². The van der Waals surface area contributed by atoms with Gasteiger partial charge < -0.3 is 10.2 Å². The van der Waals surface area contributed by atoms with E-state index in [1.54, 1.807) is 0 Å². The summed E-state index contributed by atoms with van der Waals surface area (Å²) >= 11 is 0. The van der Waals surface area contributed by atoms with Crippen LogP contribution in [0.2, 0.25) is 0 Å². The van der Waals surface area contributed by atoms with E-state index >= 15 is 0 Å². The zero-order chi connectivity index (χ0) is 19.1. The zero-order valence-electron chi connectivity index (χ0n) is 14.7. The Morgan fingerprint density at radius 3 is 1.85 bits per heavy atom. The van der Waals surface area contributed by atoms with Crippen molar-refractivity contribution < 1.29 is 24.6 Å². The number of carboxylic acid groups (broad SMARTS) is 2. The van der Waals surface area contributed by atoms with Crippen molar-refractivity contribution in [2.75, 3.05) is 0 Å². The molecular weight excluding hydrogens is 332 g/mol. The van der Waals surface area contributed by atoms with Crippen molar-refractivity contribution in [1.82, 2.24) is 0 Å². The molecule has 2 rings (SSSR count). The molecule has 0 bridgehead atoms. The first kappa shape index (κ1) is 19.4. The molecule has 0 spiro atoms. The van der Waals surface area contributed by atoms with Crippen molar-refractivity contribution >= 4 is 17.7 Å². The predicted octanol–water partition coefficient (Wildman–Crippen LogP) is 4.24. The molecule has 2 aromatic carbocycles. The largest absolute Gasteiger partial charge is 0.478 e. The molecule has 0 unspecified atom stereocenters. The first-order chi connectivity index (χ1) is 12.4. The number of carboxylic acids is 2. The number of rotatable bonds is 9. The summed E-state index contributed by atoms with van der Waals surface area (Å²) in [6.07, 6.45) is 3.70. The van der Waals surface area contributed by atoms with E-state index in [-0.39, 0.29) is 29.8 Å². The molecule has 0 heterocycles. The summed E-state index contributed by atoms with van der Waals surface area (Å²) in [5.74, 6) is -2.43. The van der Waals surface area contributed by atoms with Gasteiger partial charge in [-0.05, 0) is 48.6 Å². The third-order valence-corrected chi connectivity index (χ3v) is 4.22. The molecule has 5 heteroatoms. The van der Waals surface area contributed by atoms with Gasteiger partial charge in [-0.3, -0.25) is 4.79 Å². The second kappa shape index (κ2) is 8.94. The normalized spacial score (nSPS) is 10.5. The van der Waals surface area contributed by atoms with Crippen LogP contribution in [-0.4, -0.2) is 27.9 Å². The third kappa shape index (κ3) is 5.28. The molecule has 2 aromatic rings. The zero-order valence-corrected chi connectivity index (χ0v) is 14.7. The van der Waals surface area contributed by atoms with Crippen molar-refractivity contribution in [3.05, 3.63) is 70.3 Å². The molecule has 0 amide bonds. The molecule has 136 valence electrons. The van der Waals surface area contributed by atoms with Gasteiger partial charge in [0.1, 0.15) is 0 Å². The fourth-order valence-electron chi connectivity index (χ4n) is 2.72. The minimum absolute atomic E-state index is 0.0513. The second-order valence-electron chi connectivity index (χ2n) is 6.25. The first-order valence-electron chi connectivity index (χ1n) is 8.63. The maximum Gasteiger partial charge on any atom is 0.335 e. The van der Waals surface area contributed by atoms with Gasteiger partial charge >= 0.3 is 11.9 Å². The Kier molecular flexibility index (Phi) is 6.67. The molecule has 5 nitrogen and oxygen atoms in total. The average Bonchev–Trinajstić information content (AvgIpc) is 2.64. The lowest BCUT2D eigenvalue weighted by Crippen LogP contribution is -2.06. The Balaban J connectivity index is 2.06. The van der Waals surface area contributed by atoms with Crippen LogP contribution in [0.5, 0.6) is 0 Å². The summed E-state index contributed by atoms with van der Waals surface area (Å²) in [5.41, 5.74) is 2.15. The summed E-state index contributed by atoms with van der Waals surface area (Å²) in [6, 6.07) is 11.5. The quantitative estimate of drug-likeness (QED) is 0.657. The number of aryl methyl sites for hydroxylation is 2. The Bertz CT molecular complexity index is 773. The number of carbonyl (C=O) groups excluding carboxylic acids is 1. The van der Waals surface area contributed by atoms with Crippen LogP contribution in [0, 0.1) is 0 Å². The minimum Gasteiger partial charge on any atom is -0.478 e. The summed E-state index contributed by atoms with van der Waals surface area (Å²) in [7, 11) is 0. The van der Waals surface area contributed by atoms with E-state index in [1.807, 2.05) is 24.3 Å². The highest BCUT2D eigenvalue weighted by atomic mass is 16.4. The molecule has 0 aliphatic carbocycles. The van der Waals surface area contributed by atoms with Crippen LogP contribution in [0.4, 0.5) is 0 Å². The number of hydrogen-bond acceptors (Lipinski definition) is 3. The van der Waals surface area contributed by atoms with Crippen molar-refractivity contribution in [3.63, 3.8) is 0 Å². The molecule has 2 N–H and O–H groups in total. The van der Waals surface area contributed by atoms with Gasteiger partial charge in [-0.1, -0.05) is 37.6 Å². The van der Waals surface area contributed by atoms with Crippen molar-refractivity contribution in [2.45, 2.75) is 39.0 Å². The third-order valence-electron chi connectivity index (χ3n) is 4.22. The van der Waals surface area contributed by atoms with Crippen molar-refractivity contribution in [3.8, 4) is 0 Å². The molecule has 26 heavy (non-hydrogen) atoms. The van der Waals surface area contributed by atoms with Gasteiger partial charge in [0, 0.05) is 12.0 Å². The fraction of sp³-hybridized carbons (Fsp3) is 0.286. The molecule has 0 aliphatic rings. The summed E-state index contributed by atoms with van der Waals surface area (Å²) in [4.78, 5) is 34.6. The van der Waals surface area contributed by atoms with Crippen LogP contribution in [0.15, 0.2) is 42.5 Å². The van der Waals surface area contributed by atoms with Gasteiger partial charge in [0.15, 0.2) is 5.78 Å². The molecule has 0 atom stereocenters. The van der Waals surface area contributed by atoms with Crippen LogP contribution >= 0.6 is 0 Å². The smallest absolute Gasteiger partial charge is 0.335 e. The monoisotopic (exact) mass is 354 g/mol. The lowest BCUT2D eigenvalue weighted by Gasteiger charge is -2.06. The Morgan fingerprint density at radius 2 is 1.35 bits per heavy atom. The molecule has 0 saturated heterocycles. The van der Waals surface area contributed by atoms with Gasteiger partial charge in [-0.2, -0.15) is 0 Å². The number of hydrogen-bond donors (Lipinski definition) is 2. The highest BCUT2D eigenvalue weighted by Crippen LogP contribution is 2.15. The average molecular weight is 354 g/mol. The minimum atomic E-state index is -1.19. The predicted molar refractivity (Wildman–Crippen MR) is 98.1 cm³/mol. The van der Waals surface area contributed by atoms with Crippen LogP contribution in [0.25, 0.3) is 0 Å². The number of benzene rings is 2. The number of carbonyl (C=O) groups is 3. The van der Waals surface area contributed by atoms with Crippen molar-refractivity contribution in [1.29, 1.82) is 0 Å². The maximum absolute atomic E-state index is 12.3. The standard InChI is InChI=1S/C21H22O5/c1-2-3-4-14-5-8-16(9-6-14)19(22)10-7-15-11-17(20(23)24)13-18(12-15)21(25)26/h5-6,8-9,11-13H,2-4,7,10H2,1H3,(H,23,24)(H,25,26). The maximum atomic E-state index is 12.3. The summed E-state index contributed by atoms with van der Waals surface area (Å²) in [5, 5.41) is 18.2. The number of ketones is 1. The van der Waals surface area contributed by atoms with Crippen LogP contribution in [0.3, 0.4) is 0 Å². The Labute approximate surface area is 152 Å². The van der Waals surface area contributed by atoms with E-state index in [1.165, 1.54) is 17.7 Å². The lowest BCUT2D eigenvalue weighted by molar-refractivity contribution is 0.0696. The van der Waals surface area contributed by atoms with E-state index in [9.17, 15) is 14.4 Å². The Morgan fingerprint density at radius 1 is 0.769 bits per heavy atom. The molecular formula is C21H22O5. The van der Waals surface area contributed by atoms with E-state index in [0.717, 1.165) is 25.3 Å². The van der Waals surface area contributed by atoms with Gasteiger partial charge in [0.2, 0.25) is 0 Å². The highest BCUT2D eigenvalue weighted by Gasteiger charge is 2.13. The molecule has 0 saturated carbocycles.